The third-order valence-electron chi connectivity index (χ3n) is 3.43. The number of aromatic hydroxyl groups is 1. The zero-order valence-electron chi connectivity index (χ0n) is 10.8. The van der Waals surface area contributed by atoms with Crippen molar-refractivity contribution in [3.8, 4) is 5.75 Å². The molecular formula is C15H11BrN2O3. The minimum absolute atomic E-state index is 0.00292. The molecule has 0 unspecified atom stereocenters. The number of hydrogen-bond acceptors (Lipinski definition) is 4. The molecule has 0 fully saturated rings. The summed E-state index contributed by atoms with van der Waals surface area (Å²) in [6.07, 6.45) is 0. The Morgan fingerprint density at radius 3 is 2.52 bits per heavy atom. The van der Waals surface area contributed by atoms with Crippen molar-refractivity contribution in [2.24, 2.45) is 0 Å². The van der Waals surface area contributed by atoms with Crippen molar-refractivity contribution >= 4 is 33.4 Å². The van der Waals surface area contributed by atoms with Gasteiger partial charge in [0.05, 0.1) is 22.1 Å². The van der Waals surface area contributed by atoms with E-state index in [1.54, 1.807) is 36.4 Å². The lowest BCUT2D eigenvalue weighted by atomic mass is 10.1. The monoisotopic (exact) mass is 346 g/mol. The number of nitrogens with zero attached hydrogens (tertiary/aromatic N) is 1. The number of nitrogens with two attached hydrogens (primary N) is 1. The Morgan fingerprint density at radius 1 is 1.10 bits per heavy atom. The molecule has 5 nitrogen and oxygen atoms in total. The largest absolute Gasteiger partial charge is 0.506 e. The highest BCUT2D eigenvalue weighted by Gasteiger charge is 2.37. The molecule has 0 saturated carbocycles. The number of carbonyl (C=O) groups excluding carboxylic acids is 2. The first-order chi connectivity index (χ1) is 10.0. The molecule has 0 bridgehead atoms. The smallest absolute Gasteiger partial charge is 0.263 e. The molecule has 2 aromatic rings. The SMILES string of the molecule is Nc1cccc2c1C(=O)N(Cc1cccc(Br)c1O)C2=O. The molecule has 3 N–H and O–H groups in total. The van der Waals surface area contributed by atoms with Crippen molar-refractivity contribution in [3.05, 3.63) is 57.6 Å². The average molecular weight is 347 g/mol. The minimum atomic E-state index is -0.438. The van der Waals surface area contributed by atoms with Crippen molar-refractivity contribution < 1.29 is 14.7 Å². The standard InChI is InChI=1S/C15H11BrN2O3/c16-10-5-1-3-8(13(10)19)7-18-14(20)9-4-2-6-11(17)12(9)15(18)21/h1-6,19H,7,17H2. The number of fused-ring (bicyclic) bond motifs is 1. The molecule has 1 aliphatic heterocycles. The van der Waals surface area contributed by atoms with E-state index in [0.29, 0.717) is 15.6 Å². The maximum absolute atomic E-state index is 12.4. The summed E-state index contributed by atoms with van der Waals surface area (Å²) in [5.74, 6) is -0.823. The second-order valence-corrected chi connectivity index (χ2v) is 5.57. The van der Waals surface area contributed by atoms with Gasteiger partial charge < -0.3 is 10.8 Å². The van der Waals surface area contributed by atoms with Crippen LogP contribution in [0.1, 0.15) is 26.3 Å². The van der Waals surface area contributed by atoms with Gasteiger partial charge in [0.15, 0.2) is 0 Å². The van der Waals surface area contributed by atoms with Gasteiger partial charge in [-0.15, -0.1) is 0 Å². The topological polar surface area (TPSA) is 83.6 Å². The molecule has 106 valence electrons. The van der Waals surface area contributed by atoms with E-state index in [0.717, 1.165) is 4.90 Å². The third kappa shape index (κ3) is 2.08. The van der Waals surface area contributed by atoms with Gasteiger partial charge in [0.1, 0.15) is 5.75 Å². The van der Waals surface area contributed by atoms with E-state index >= 15 is 0 Å². The minimum Gasteiger partial charge on any atom is -0.506 e. The average Bonchev–Trinajstić information content (AvgIpc) is 2.70. The zero-order valence-corrected chi connectivity index (χ0v) is 12.4. The van der Waals surface area contributed by atoms with Gasteiger partial charge in [0.2, 0.25) is 0 Å². The molecule has 0 atom stereocenters. The van der Waals surface area contributed by atoms with Crippen LogP contribution >= 0.6 is 15.9 Å². The van der Waals surface area contributed by atoms with E-state index in [4.69, 9.17) is 5.73 Å². The summed E-state index contributed by atoms with van der Waals surface area (Å²) in [6, 6.07) is 9.87. The van der Waals surface area contributed by atoms with Crippen LogP contribution in [0.4, 0.5) is 5.69 Å². The maximum Gasteiger partial charge on any atom is 0.263 e. The van der Waals surface area contributed by atoms with Crippen LogP contribution in [0.15, 0.2) is 40.9 Å². The summed E-state index contributed by atoms with van der Waals surface area (Å²) in [5.41, 5.74) is 7.08. The molecule has 0 aromatic heterocycles. The van der Waals surface area contributed by atoms with Crippen molar-refractivity contribution in [2.45, 2.75) is 6.54 Å². The quantitative estimate of drug-likeness (QED) is 0.646. The molecule has 0 aliphatic carbocycles. The number of rotatable bonds is 2. The number of hydrogen-bond donors (Lipinski definition) is 2. The van der Waals surface area contributed by atoms with Crippen molar-refractivity contribution in [2.75, 3.05) is 5.73 Å². The summed E-state index contributed by atoms with van der Waals surface area (Å²) in [7, 11) is 0. The summed E-state index contributed by atoms with van der Waals surface area (Å²) >= 11 is 3.21. The molecule has 21 heavy (non-hydrogen) atoms. The molecule has 0 spiro atoms. The predicted octanol–water partition coefficient (Wildman–Crippen LogP) is 2.53. The van der Waals surface area contributed by atoms with Crippen molar-refractivity contribution in [1.82, 2.24) is 4.90 Å². The first-order valence-corrected chi connectivity index (χ1v) is 7.01. The second kappa shape index (κ2) is 4.89. The Bertz CT molecular complexity index is 774. The highest BCUT2D eigenvalue weighted by atomic mass is 79.9. The van der Waals surface area contributed by atoms with Crippen LogP contribution in [0.3, 0.4) is 0 Å². The Balaban J connectivity index is 1.99. The molecule has 1 heterocycles. The van der Waals surface area contributed by atoms with Gasteiger partial charge in [-0.25, -0.2) is 0 Å². The number of imide groups is 1. The van der Waals surface area contributed by atoms with Crippen LogP contribution in [0.25, 0.3) is 0 Å². The number of halogens is 1. The summed E-state index contributed by atoms with van der Waals surface area (Å²) in [6.45, 7) is -0.00292. The number of amides is 2. The zero-order chi connectivity index (χ0) is 15.1. The van der Waals surface area contributed by atoms with Gasteiger partial charge >= 0.3 is 0 Å². The molecule has 2 aromatic carbocycles. The van der Waals surface area contributed by atoms with E-state index in [-0.39, 0.29) is 23.5 Å². The molecule has 6 heteroatoms. The molecule has 0 saturated heterocycles. The summed E-state index contributed by atoms with van der Waals surface area (Å²) < 4.78 is 0.510. The van der Waals surface area contributed by atoms with Gasteiger partial charge in [-0.05, 0) is 34.1 Å². The van der Waals surface area contributed by atoms with E-state index in [1.165, 1.54) is 0 Å². The van der Waals surface area contributed by atoms with E-state index in [2.05, 4.69) is 15.9 Å². The van der Waals surface area contributed by atoms with Crippen LogP contribution in [-0.2, 0) is 6.54 Å². The lowest BCUT2D eigenvalue weighted by Crippen LogP contribution is -2.29. The molecule has 3 rings (SSSR count). The number of para-hydroxylation sites is 1. The molecule has 1 aliphatic rings. The van der Waals surface area contributed by atoms with Crippen LogP contribution in [0.2, 0.25) is 0 Å². The Kier molecular flexibility index (Phi) is 3.17. The summed E-state index contributed by atoms with van der Waals surface area (Å²) in [4.78, 5) is 25.8. The highest BCUT2D eigenvalue weighted by molar-refractivity contribution is 9.10. The van der Waals surface area contributed by atoms with Gasteiger partial charge in [-0.3, -0.25) is 14.5 Å². The van der Waals surface area contributed by atoms with Crippen molar-refractivity contribution in [3.63, 3.8) is 0 Å². The Hall–Kier alpha value is -2.34. The molecule has 0 radical (unpaired) electrons. The molecule has 2 amide bonds. The lowest BCUT2D eigenvalue weighted by molar-refractivity contribution is 0.0642. The summed E-state index contributed by atoms with van der Waals surface area (Å²) in [5, 5.41) is 9.98. The van der Waals surface area contributed by atoms with Crippen LogP contribution < -0.4 is 5.73 Å². The van der Waals surface area contributed by atoms with Crippen LogP contribution in [0.5, 0.6) is 5.75 Å². The number of benzene rings is 2. The first-order valence-electron chi connectivity index (χ1n) is 6.21. The lowest BCUT2D eigenvalue weighted by Gasteiger charge is -2.15. The fourth-order valence-electron chi connectivity index (χ4n) is 2.36. The highest BCUT2D eigenvalue weighted by Crippen LogP contribution is 2.32. The van der Waals surface area contributed by atoms with Gasteiger partial charge in [0, 0.05) is 11.3 Å². The van der Waals surface area contributed by atoms with E-state index in [1.807, 2.05) is 0 Å². The van der Waals surface area contributed by atoms with Crippen LogP contribution in [0, 0.1) is 0 Å². The number of anilines is 1. The van der Waals surface area contributed by atoms with Crippen LogP contribution in [-0.4, -0.2) is 21.8 Å². The van der Waals surface area contributed by atoms with Gasteiger partial charge in [-0.1, -0.05) is 18.2 Å². The number of phenols is 1. The van der Waals surface area contributed by atoms with Gasteiger partial charge in [0.25, 0.3) is 11.8 Å². The number of phenolic OH excluding ortho intramolecular Hbond substituents is 1. The predicted molar refractivity (Wildman–Crippen MR) is 80.9 cm³/mol. The number of carbonyl (C=O) groups is 2. The fourth-order valence-corrected chi connectivity index (χ4v) is 2.77. The normalized spacial score (nSPS) is 13.7. The first kappa shape index (κ1) is 13.6. The maximum atomic E-state index is 12.4. The van der Waals surface area contributed by atoms with E-state index < -0.39 is 11.8 Å². The number of nitrogen functional groups attached to an aromatic ring is 1. The van der Waals surface area contributed by atoms with Gasteiger partial charge in [-0.2, -0.15) is 0 Å². The van der Waals surface area contributed by atoms with E-state index in [9.17, 15) is 14.7 Å². The third-order valence-corrected chi connectivity index (χ3v) is 4.07. The fraction of sp³-hybridized carbons (Fsp3) is 0.0667. The van der Waals surface area contributed by atoms with Crippen molar-refractivity contribution in [1.29, 1.82) is 0 Å². The Morgan fingerprint density at radius 2 is 1.81 bits per heavy atom. The second-order valence-electron chi connectivity index (χ2n) is 4.71. The molecular weight excluding hydrogens is 336 g/mol. The Labute approximate surface area is 129 Å².